The lowest BCUT2D eigenvalue weighted by Gasteiger charge is -2.36. The fraction of sp³-hybridized carbons (Fsp3) is 0.500. The van der Waals surface area contributed by atoms with Crippen molar-refractivity contribution in [3.8, 4) is 0 Å². The van der Waals surface area contributed by atoms with E-state index in [4.69, 9.17) is 4.74 Å². The number of esters is 1. The molecule has 3 aromatic rings. The van der Waals surface area contributed by atoms with Crippen molar-refractivity contribution in [2.75, 3.05) is 34.3 Å². The third kappa shape index (κ3) is 15.2. The first kappa shape index (κ1) is 57.7. The first-order chi connectivity index (χ1) is 35.1. The fourth-order valence-electron chi connectivity index (χ4n) is 8.94. The molecule has 0 bridgehead atoms. The third-order valence-corrected chi connectivity index (χ3v) is 13.7. The summed E-state index contributed by atoms with van der Waals surface area (Å²) in [5.74, 6) is -4.72. The predicted octanol–water partition coefficient (Wildman–Crippen LogP) is 2.02. The second-order valence-electron chi connectivity index (χ2n) is 20.2. The number of carbonyl (C=O) groups is 9. The van der Waals surface area contributed by atoms with E-state index in [2.05, 4.69) is 42.5 Å². The molecular formula is C54H74N10O10. The summed E-state index contributed by atoms with van der Waals surface area (Å²) in [7, 11) is 4.43. The molecule has 400 valence electrons. The van der Waals surface area contributed by atoms with E-state index in [1.54, 1.807) is 34.9 Å². The van der Waals surface area contributed by atoms with Crippen LogP contribution in [0.4, 0.5) is 0 Å². The molecule has 2 aliphatic rings. The van der Waals surface area contributed by atoms with Crippen molar-refractivity contribution in [2.24, 2.45) is 5.41 Å². The Morgan fingerprint density at radius 2 is 1.03 bits per heavy atom. The lowest BCUT2D eigenvalue weighted by molar-refractivity contribution is -0.144. The maximum absolute atomic E-state index is 14.5. The number of rotatable bonds is 21. The van der Waals surface area contributed by atoms with E-state index < -0.39 is 119 Å². The third-order valence-electron chi connectivity index (χ3n) is 13.7. The average Bonchev–Trinajstić information content (AvgIpc) is 4.02. The Balaban J connectivity index is 1.35. The van der Waals surface area contributed by atoms with Crippen molar-refractivity contribution >= 4 is 53.2 Å². The minimum atomic E-state index is -1.22. The number of carbonyl (C=O) groups excluding carboxylic acids is 9. The maximum Gasteiger partial charge on any atom is 0.305 e. The van der Waals surface area contributed by atoms with Gasteiger partial charge < -0.3 is 57.1 Å². The summed E-state index contributed by atoms with van der Waals surface area (Å²) in [5.41, 5.74) is 1.11. The maximum atomic E-state index is 14.5. The number of ether oxygens (including phenoxy) is 1. The Morgan fingerprint density at radius 1 is 0.595 bits per heavy atom. The SMILES string of the molecule is CN[C@@H](C)C(=O)N[C@@H](CCC(=O)OC)C(=O)N1C[C@@H](NC(=O)c2cccc(C(=O)N[C@H]3C[C@@H](C(=O)N[C@H](C)c4ccccc4)N(C(=O)[C@@H](NC(=O)[C@H](C)NC)C(C)(C)C)C3)c2)CC1C(=O)N[C@H](C)c1ccccc1. The molecule has 10 atom stereocenters. The summed E-state index contributed by atoms with van der Waals surface area (Å²) in [6, 6.07) is 16.6. The number of nitrogens with zero attached hydrogens (tertiary/aromatic N) is 2. The van der Waals surface area contributed by atoms with Crippen LogP contribution < -0.4 is 42.5 Å². The highest BCUT2D eigenvalue weighted by atomic mass is 16.5. The Bertz CT molecular complexity index is 2490. The molecule has 8 amide bonds. The molecule has 2 heterocycles. The number of likely N-dealkylation sites (tertiary alicyclic amines) is 2. The van der Waals surface area contributed by atoms with Gasteiger partial charge >= 0.3 is 5.97 Å². The van der Waals surface area contributed by atoms with Gasteiger partial charge in [0.1, 0.15) is 24.2 Å². The van der Waals surface area contributed by atoms with Gasteiger partial charge in [0.2, 0.25) is 35.4 Å². The summed E-state index contributed by atoms with van der Waals surface area (Å²) in [5, 5.41) is 23.2. The molecule has 2 aliphatic heterocycles. The van der Waals surface area contributed by atoms with Crippen LogP contribution in [0.15, 0.2) is 84.9 Å². The minimum Gasteiger partial charge on any atom is -0.469 e. The highest BCUT2D eigenvalue weighted by Gasteiger charge is 2.46. The smallest absolute Gasteiger partial charge is 0.305 e. The summed E-state index contributed by atoms with van der Waals surface area (Å²) >= 11 is 0. The number of nitrogens with one attached hydrogen (secondary N) is 8. The number of hydrogen-bond donors (Lipinski definition) is 8. The summed E-state index contributed by atoms with van der Waals surface area (Å²) in [4.78, 5) is 126. The van der Waals surface area contributed by atoms with E-state index in [-0.39, 0.29) is 49.9 Å². The van der Waals surface area contributed by atoms with Crippen molar-refractivity contribution in [3.63, 3.8) is 0 Å². The zero-order valence-corrected chi connectivity index (χ0v) is 44.1. The number of benzene rings is 3. The zero-order valence-electron chi connectivity index (χ0n) is 44.1. The van der Waals surface area contributed by atoms with Gasteiger partial charge in [-0.2, -0.15) is 0 Å². The Labute approximate surface area is 433 Å². The molecule has 5 rings (SSSR count). The lowest BCUT2D eigenvalue weighted by Crippen LogP contribution is -2.59. The molecule has 0 saturated carbocycles. The van der Waals surface area contributed by atoms with Gasteiger partial charge in [-0.15, -0.1) is 0 Å². The Morgan fingerprint density at radius 3 is 1.45 bits per heavy atom. The first-order valence-electron chi connectivity index (χ1n) is 25.1. The van der Waals surface area contributed by atoms with Crippen LogP contribution in [0.1, 0.15) is 118 Å². The summed E-state index contributed by atoms with van der Waals surface area (Å²) in [6.45, 7) is 12.2. The van der Waals surface area contributed by atoms with Gasteiger partial charge in [0.05, 0.1) is 31.3 Å². The Kier molecular flexibility index (Phi) is 20.4. The van der Waals surface area contributed by atoms with Crippen LogP contribution in [0, 0.1) is 5.41 Å². The van der Waals surface area contributed by atoms with Crippen molar-refractivity contribution in [1.29, 1.82) is 0 Å². The second kappa shape index (κ2) is 26.2. The highest BCUT2D eigenvalue weighted by Crippen LogP contribution is 2.28. The lowest BCUT2D eigenvalue weighted by atomic mass is 9.85. The van der Waals surface area contributed by atoms with Gasteiger partial charge in [0.15, 0.2) is 0 Å². The Hall–Kier alpha value is -7.19. The molecular weight excluding hydrogens is 949 g/mol. The summed E-state index contributed by atoms with van der Waals surface area (Å²) < 4.78 is 4.80. The van der Waals surface area contributed by atoms with E-state index in [0.29, 0.717) is 0 Å². The minimum absolute atomic E-state index is 0.000370. The molecule has 2 saturated heterocycles. The van der Waals surface area contributed by atoms with Crippen LogP contribution in [0.3, 0.4) is 0 Å². The van der Waals surface area contributed by atoms with E-state index >= 15 is 0 Å². The van der Waals surface area contributed by atoms with E-state index in [1.165, 1.54) is 41.2 Å². The standard InChI is InChI=1S/C54H74N10O10/c1-31(35-18-13-11-14-19-35)57-50(70)42-27-39(29-63(42)52(72)41(24-25-44(65)74-10)61-46(66)33(3)55-8)59-48(68)37-22-17-23-38(26-37)49(69)60-40-28-43(51(71)58-32(2)36-20-15-12-16-21-36)64(30-40)53(73)45(54(5,6)7)62-47(67)34(4)56-9/h11-23,26,31-34,39-43,45,55-56H,24-25,27-30H2,1-10H3,(H,57,70)(H,58,71)(H,59,68)(H,60,69)(H,61,66)(H,62,67)/t31-,32-,33+,34+,39+,40+,41+,42?,43+,45-/m1/s1. The van der Waals surface area contributed by atoms with Gasteiger partial charge in [0.25, 0.3) is 11.8 Å². The van der Waals surface area contributed by atoms with Gasteiger partial charge in [-0.1, -0.05) is 87.5 Å². The van der Waals surface area contributed by atoms with Crippen molar-refractivity contribution in [2.45, 2.75) is 135 Å². The molecule has 0 aliphatic carbocycles. The van der Waals surface area contributed by atoms with Crippen LogP contribution in [0.25, 0.3) is 0 Å². The van der Waals surface area contributed by atoms with Gasteiger partial charge in [0, 0.05) is 42.7 Å². The molecule has 3 aromatic carbocycles. The molecule has 0 radical (unpaired) electrons. The zero-order chi connectivity index (χ0) is 54.4. The van der Waals surface area contributed by atoms with Crippen LogP contribution in [-0.4, -0.2) is 146 Å². The quantitative estimate of drug-likeness (QED) is 0.0713. The van der Waals surface area contributed by atoms with Crippen molar-refractivity contribution < 1.29 is 47.9 Å². The monoisotopic (exact) mass is 1020 g/mol. The molecule has 2 fully saturated rings. The number of methoxy groups -OCH3 is 1. The second-order valence-corrected chi connectivity index (χ2v) is 20.2. The largest absolute Gasteiger partial charge is 0.469 e. The van der Waals surface area contributed by atoms with E-state index in [9.17, 15) is 43.2 Å². The first-order valence-corrected chi connectivity index (χ1v) is 25.1. The van der Waals surface area contributed by atoms with Crippen LogP contribution in [0.5, 0.6) is 0 Å². The highest BCUT2D eigenvalue weighted by molar-refractivity contribution is 6.01. The topological polar surface area (TPSA) is 266 Å². The van der Waals surface area contributed by atoms with E-state index in [1.807, 2.05) is 88.4 Å². The summed E-state index contributed by atoms with van der Waals surface area (Å²) in [6.07, 6.45) is -0.261. The van der Waals surface area contributed by atoms with Crippen LogP contribution in [0.2, 0.25) is 0 Å². The van der Waals surface area contributed by atoms with Gasteiger partial charge in [-0.3, -0.25) is 43.2 Å². The molecule has 1 unspecified atom stereocenters. The average molecular weight is 1020 g/mol. The van der Waals surface area contributed by atoms with Crippen molar-refractivity contribution in [1.82, 2.24) is 52.3 Å². The molecule has 20 nitrogen and oxygen atoms in total. The van der Waals surface area contributed by atoms with Crippen molar-refractivity contribution in [3.05, 3.63) is 107 Å². The molecule has 74 heavy (non-hydrogen) atoms. The molecule has 0 spiro atoms. The van der Waals surface area contributed by atoms with Gasteiger partial charge in [-0.25, -0.2) is 0 Å². The molecule has 0 aromatic heterocycles. The number of hydrogen-bond acceptors (Lipinski definition) is 12. The van der Waals surface area contributed by atoms with Crippen LogP contribution >= 0.6 is 0 Å². The van der Waals surface area contributed by atoms with Gasteiger partial charge in [-0.05, 0) is 95.8 Å². The predicted molar refractivity (Wildman–Crippen MR) is 277 cm³/mol. The fourth-order valence-corrected chi connectivity index (χ4v) is 8.94. The normalized spacial score (nSPS) is 19.9. The number of amides is 8. The number of likely N-dealkylation sites (N-methyl/N-ethyl adjacent to an activating group) is 2. The van der Waals surface area contributed by atoms with E-state index in [0.717, 1.165) is 11.1 Å². The van der Waals surface area contributed by atoms with Crippen LogP contribution in [-0.2, 0) is 38.3 Å². The molecule has 20 heteroatoms. The molecule has 8 N–H and O–H groups in total.